The van der Waals surface area contributed by atoms with E-state index in [2.05, 4.69) is 5.32 Å². The minimum absolute atomic E-state index is 0.0108. The minimum Gasteiger partial charge on any atom is -0.534 e. The van der Waals surface area contributed by atoms with Crippen LogP contribution in [0.15, 0.2) is 18.2 Å². The van der Waals surface area contributed by atoms with Crippen molar-refractivity contribution in [1.82, 2.24) is 5.32 Å². The van der Waals surface area contributed by atoms with Gasteiger partial charge in [-0.3, -0.25) is 9.59 Å². The first-order chi connectivity index (χ1) is 14.8. The Morgan fingerprint density at radius 1 is 1.22 bits per heavy atom. The van der Waals surface area contributed by atoms with E-state index in [0.29, 0.717) is 5.56 Å². The number of hydrogen-bond acceptors (Lipinski definition) is 7. The first-order valence-corrected chi connectivity index (χ1v) is 9.95. The van der Waals surface area contributed by atoms with Crippen LogP contribution in [0.1, 0.15) is 56.0 Å². The van der Waals surface area contributed by atoms with Crippen LogP contribution in [-0.4, -0.2) is 48.9 Å². The van der Waals surface area contributed by atoms with Crippen LogP contribution in [0.25, 0.3) is 0 Å². The van der Waals surface area contributed by atoms with E-state index in [4.69, 9.17) is 14.1 Å². The normalized spacial score (nSPS) is 16.0. The third kappa shape index (κ3) is 7.43. The van der Waals surface area contributed by atoms with Crippen molar-refractivity contribution in [3.63, 3.8) is 0 Å². The van der Waals surface area contributed by atoms with Crippen molar-refractivity contribution in [2.45, 2.75) is 58.6 Å². The topological polar surface area (TPSA) is 111 Å². The molecular formula is C20H25BF3NO7. The summed E-state index contributed by atoms with van der Waals surface area (Å²) in [5.74, 6) is -2.90. The second-order valence-electron chi connectivity index (χ2n) is 8.38. The average molecular weight is 459 g/mol. The number of ether oxygens (including phenoxy) is 2. The lowest BCUT2D eigenvalue weighted by atomic mass is 9.72. The molecule has 1 atom stereocenters. The summed E-state index contributed by atoms with van der Waals surface area (Å²) < 4.78 is 51.9. The lowest BCUT2D eigenvalue weighted by Crippen LogP contribution is -2.53. The van der Waals surface area contributed by atoms with E-state index in [1.54, 1.807) is 32.9 Å². The Balaban J connectivity index is 1.97. The third-order valence-electron chi connectivity index (χ3n) is 4.54. The molecule has 0 bridgehead atoms. The molecule has 12 heteroatoms. The number of benzene rings is 1. The molecule has 0 aliphatic carbocycles. The van der Waals surface area contributed by atoms with Gasteiger partial charge in [0.25, 0.3) is 0 Å². The van der Waals surface area contributed by atoms with Crippen molar-refractivity contribution in [3.8, 4) is 5.75 Å². The van der Waals surface area contributed by atoms with Gasteiger partial charge in [0.2, 0.25) is 12.7 Å². The maximum Gasteiger partial charge on any atom is 0.547 e. The molecule has 0 spiro atoms. The van der Waals surface area contributed by atoms with Gasteiger partial charge >= 0.3 is 25.2 Å². The molecule has 1 amide bonds. The lowest BCUT2D eigenvalue weighted by Gasteiger charge is -2.29. The van der Waals surface area contributed by atoms with Gasteiger partial charge in [-0.15, -0.1) is 0 Å². The van der Waals surface area contributed by atoms with Crippen LogP contribution >= 0.6 is 0 Å². The summed E-state index contributed by atoms with van der Waals surface area (Å²) in [6.07, 6.45) is -6.06. The van der Waals surface area contributed by atoms with Gasteiger partial charge in [0.1, 0.15) is 11.3 Å². The Labute approximate surface area is 183 Å². The van der Waals surface area contributed by atoms with Crippen LogP contribution in [0.3, 0.4) is 0 Å². The van der Waals surface area contributed by atoms with Gasteiger partial charge < -0.3 is 24.5 Å². The molecule has 1 aromatic carbocycles. The molecule has 1 aromatic rings. The van der Waals surface area contributed by atoms with E-state index in [-0.39, 0.29) is 30.6 Å². The third-order valence-corrected chi connectivity index (χ3v) is 4.54. The first kappa shape index (κ1) is 25.5. The number of esters is 2. The molecule has 0 saturated carbocycles. The van der Waals surface area contributed by atoms with E-state index >= 15 is 0 Å². The van der Waals surface area contributed by atoms with Crippen molar-refractivity contribution in [1.29, 1.82) is 0 Å². The smallest absolute Gasteiger partial charge is 0.534 e. The molecule has 0 radical (unpaired) electrons. The number of nitrogens with one attached hydrogen (secondary N) is 1. The number of rotatable bonds is 7. The summed E-state index contributed by atoms with van der Waals surface area (Å²) in [7, 11) is -1.53. The van der Waals surface area contributed by atoms with Gasteiger partial charge in [-0.1, -0.05) is 12.1 Å². The number of carbonyl (C=O) groups is 3. The van der Waals surface area contributed by atoms with E-state index < -0.39 is 55.7 Å². The molecule has 1 unspecified atom stereocenters. The minimum atomic E-state index is -4.34. The standard InChI is InChI=1S/C20H25BF3NO7/c1-19(2,3)18(28)31-11-30-17(27)13-7-4-6-12-10-14(21(29)32-16(12)13)25-15(26)8-5-9-20(22,23)24/h4,6-7,14,29H,5,8-11H2,1-3H3,(H,25,26). The van der Waals surface area contributed by atoms with Crippen molar-refractivity contribution >= 4 is 25.0 Å². The fourth-order valence-corrected chi connectivity index (χ4v) is 2.87. The Kier molecular flexibility index (Phi) is 8.16. The van der Waals surface area contributed by atoms with Crippen LogP contribution in [0.2, 0.25) is 0 Å². The Morgan fingerprint density at radius 3 is 2.53 bits per heavy atom. The number of hydrogen-bond donors (Lipinski definition) is 2. The lowest BCUT2D eigenvalue weighted by molar-refractivity contribution is -0.161. The molecule has 176 valence electrons. The monoisotopic (exact) mass is 459 g/mol. The highest BCUT2D eigenvalue weighted by atomic mass is 19.4. The molecular weight excluding hydrogens is 434 g/mol. The fraction of sp³-hybridized carbons (Fsp3) is 0.550. The Morgan fingerprint density at radius 2 is 1.91 bits per heavy atom. The number of halogens is 3. The van der Waals surface area contributed by atoms with Crippen molar-refractivity contribution < 1.29 is 46.7 Å². The Hall–Kier alpha value is -2.76. The van der Waals surface area contributed by atoms with E-state index in [0.717, 1.165) is 0 Å². The number of para-hydroxylation sites is 1. The predicted octanol–water partition coefficient (Wildman–Crippen LogP) is 2.56. The predicted molar refractivity (Wildman–Crippen MR) is 106 cm³/mol. The SMILES string of the molecule is CC(C)(C)C(=O)OCOC(=O)c1cccc2c1OB(O)C(NC(=O)CCCC(F)(F)F)C2. The summed E-state index contributed by atoms with van der Waals surface area (Å²) >= 11 is 0. The molecule has 0 fully saturated rings. The van der Waals surface area contributed by atoms with Gasteiger partial charge in [0, 0.05) is 12.8 Å². The molecule has 32 heavy (non-hydrogen) atoms. The second-order valence-corrected chi connectivity index (χ2v) is 8.38. The summed E-state index contributed by atoms with van der Waals surface area (Å²) in [5.41, 5.74) is -0.294. The summed E-state index contributed by atoms with van der Waals surface area (Å²) in [6.45, 7) is 4.33. The first-order valence-electron chi connectivity index (χ1n) is 9.95. The van der Waals surface area contributed by atoms with E-state index in [1.807, 2.05) is 0 Å². The Bertz CT molecular complexity index is 855. The molecule has 2 N–H and O–H groups in total. The quantitative estimate of drug-likeness (QED) is 0.366. The molecule has 8 nitrogen and oxygen atoms in total. The highest BCUT2D eigenvalue weighted by molar-refractivity contribution is 6.47. The highest BCUT2D eigenvalue weighted by Crippen LogP contribution is 2.31. The number of alkyl halides is 3. The molecule has 1 aliphatic heterocycles. The van der Waals surface area contributed by atoms with Crippen LogP contribution in [0.5, 0.6) is 5.75 Å². The number of fused-ring (bicyclic) bond motifs is 1. The molecule has 2 rings (SSSR count). The summed E-state index contributed by atoms with van der Waals surface area (Å²) in [6, 6.07) is 4.55. The van der Waals surface area contributed by atoms with Crippen molar-refractivity contribution in [2.75, 3.05) is 6.79 Å². The van der Waals surface area contributed by atoms with Crippen LogP contribution in [-0.2, 0) is 25.5 Å². The van der Waals surface area contributed by atoms with Gasteiger partial charge in [0.05, 0.1) is 11.4 Å². The molecule has 0 saturated heterocycles. The van der Waals surface area contributed by atoms with E-state index in [1.165, 1.54) is 6.07 Å². The second kappa shape index (κ2) is 10.2. The molecule has 0 aromatic heterocycles. The van der Waals surface area contributed by atoms with Gasteiger partial charge in [0.15, 0.2) is 0 Å². The summed E-state index contributed by atoms with van der Waals surface area (Å²) in [5, 5.41) is 12.7. The zero-order valence-corrected chi connectivity index (χ0v) is 18.0. The zero-order valence-electron chi connectivity index (χ0n) is 18.0. The van der Waals surface area contributed by atoms with Gasteiger partial charge in [-0.2, -0.15) is 13.2 Å². The fourth-order valence-electron chi connectivity index (χ4n) is 2.87. The zero-order chi connectivity index (χ0) is 24.1. The maximum atomic E-state index is 12.4. The van der Waals surface area contributed by atoms with Crippen LogP contribution in [0, 0.1) is 5.41 Å². The highest BCUT2D eigenvalue weighted by Gasteiger charge is 2.38. The van der Waals surface area contributed by atoms with Crippen LogP contribution < -0.4 is 9.97 Å². The number of amides is 1. The largest absolute Gasteiger partial charge is 0.547 e. The maximum absolute atomic E-state index is 12.4. The van der Waals surface area contributed by atoms with E-state index in [9.17, 15) is 32.6 Å². The molecule has 1 heterocycles. The van der Waals surface area contributed by atoms with Gasteiger partial charge in [-0.25, -0.2) is 4.79 Å². The molecule has 1 aliphatic rings. The van der Waals surface area contributed by atoms with Gasteiger partial charge in [-0.05, 0) is 45.2 Å². The van der Waals surface area contributed by atoms with Crippen molar-refractivity contribution in [2.24, 2.45) is 5.41 Å². The van der Waals surface area contributed by atoms with Crippen molar-refractivity contribution in [3.05, 3.63) is 29.3 Å². The summed E-state index contributed by atoms with van der Waals surface area (Å²) in [4.78, 5) is 36.0. The van der Waals surface area contributed by atoms with Crippen LogP contribution in [0.4, 0.5) is 13.2 Å². The number of carbonyl (C=O) groups excluding carboxylic acids is 3. The average Bonchev–Trinajstić information content (AvgIpc) is 2.66.